The molecule has 1 heterocycles. The maximum absolute atomic E-state index is 13.1. The van der Waals surface area contributed by atoms with Crippen LogP contribution in [0, 0.1) is 5.41 Å². The van der Waals surface area contributed by atoms with Crippen LogP contribution in [0.2, 0.25) is 0 Å². The van der Waals surface area contributed by atoms with Crippen LogP contribution in [0.4, 0.5) is 10.5 Å². The number of amides is 1. The molecule has 200 valence electrons. The number of ether oxygens (including phenoxy) is 2. The van der Waals surface area contributed by atoms with Crippen molar-refractivity contribution < 1.29 is 23.9 Å². The molecule has 0 unspecified atom stereocenters. The lowest BCUT2D eigenvalue weighted by Crippen LogP contribution is -2.38. The molecule has 1 aromatic heterocycles. The molecule has 1 amide bonds. The lowest BCUT2D eigenvalue weighted by molar-refractivity contribution is -0.141. The molecule has 0 saturated carbocycles. The van der Waals surface area contributed by atoms with E-state index in [2.05, 4.69) is 0 Å². The summed E-state index contributed by atoms with van der Waals surface area (Å²) >= 11 is 0. The Balaban J connectivity index is 1.49. The topological polar surface area (TPSA) is 128 Å². The zero-order valence-electron chi connectivity index (χ0n) is 21.8. The van der Waals surface area contributed by atoms with Crippen LogP contribution >= 0.6 is 0 Å². The zero-order chi connectivity index (χ0) is 27.9. The summed E-state index contributed by atoms with van der Waals surface area (Å²) in [6, 6.07) is 21.1. The minimum absolute atomic E-state index is 0.00482. The first-order valence-corrected chi connectivity index (χ1v) is 12.5. The maximum Gasteiger partial charge on any atom is 0.420 e. The van der Waals surface area contributed by atoms with E-state index in [4.69, 9.17) is 20.6 Å². The minimum atomic E-state index is -0.727. The smallest absolute Gasteiger partial charge is 0.420 e. The number of amidine groups is 1. The molecule has 0 aliphatic carbocycles. The maximum atomic E-state index is 13.1. The molecule has 4 aromatic rings. The molecule has 3 aromatic carbocycles. The van der Waals surface area contributed by atoms with Gasteiger partial charge in [0.05, 0.1) is 12.1 Å². The van der Waals surface area contributed by atoms with Gasteiger partial charge in [0.15, 0.2) is 5.78 Å². The molecule has 0 bridgehead atoms. The van der Waals surface area contributed by atoms with Crippen molar-refractivity contribution in [3.8, 4) is 5.75 Å². The number of hydrogen-bond acceptors (Lipinski definition) is 6. The van der Waals surface area contributed by atoms with E-state index in [1.54, 1.807) is 67.7 Å². The number of anilines is 1. The summed E-state index contributed by atoms with van der Waals surface area (Å²) in [5, 5.41) is 8.25. The number of carbonyl (C=O) groups excluding carboxylic acids is 3. The number of para-hydroxylation sites is 1. The first kappa shape index (κ1) is 27.1. The highest BCUT2D eigenvalue weighted by Crippen LogP contribution is 2.27. The van der Waals surface area contributed by atoms with Crippen LogP contribution in [0.25, 0.3) is 10.9 Å². The Morgan fingerprint density at radius 1 is 1.00 bits per heavy atom. The molecular formula is C30H30N4O5. The zero-order valence-corrected chi connectivity index (χ0v) is 21.8. The van der Waals surface area contributed by atoms with Crippen LogP contribution < -0.4 is 15.4 Å². The summed E-state index contributed by atoms with van der Waals surface area (Å²) < 4.78 is 12.5. The summed E-state index contributed by atoms with van der Waals surface area (Å²) in [7, 11) is 1.82. The standard InChI is InChI=1S/C30H30N4O5/c1-3-38-28(36)19-34(22-7-5-4-6-8-22)30(37)39-23-14-15-24-25(18-33(2)26(24)17-23)27(35)16-11-20-9-12-21(13-10-20)29(31)32/h4-10,12-15,17-18H,3,11,16,19H2,1-2H3,(H3,31,32). The normalized spacial score (nSPS) is 10.7. The van der Waals surface area contributed by atoms with E-state index in [-0.39, 0.29) is 30.5 Å². The molecule has 4 rings (SSSR count). The highest BCUT2D eigenvalue weighted by atomic mass is 16.6. The Kier molecular flexibility index (Phi) is 8.40. The van der Waals surface area contributed by atoms with Gasteiger partial charge in [0.2, 0.25) is 0 Å². The van der Waals surface area contributed by atoms with Gasteiger partial charge in [-0.2, -0.15) is 0 Å². The summed E-state index contributed by atoms with van der Waals surface area (Å²) in [6.07, 6.45) is 1.91. The Morgan fingerprint density at radius 2 is 1.72 bits per heavy atom. The van der Waals surface area contributed by atoms with Gasteiger partial charge in [-0.05, 0) is 43.2 Å². The Labute approximate surface area is 226 Å². The number of nitrogens with one attached hydrogen (secondary N) is 1. The fourth-order valence-corrected chi connectivity index (χ4v) is 4.25. The van der Waals surface area contributed by atoms with Crippen LogP contribution in [0.3, 0.4) is 0 Å². The second-order valence-electron chi connectivity index (χ2n) is 8.96. The molecule has 3 N–H and O–H groups in total. The monoisotopic (exact) mass is 526 g/mol. The number of esters is 1. The van der Waals surface area contributed by atoms with Gasteiger partial charge in [-0.25, -0.2) is 4.79 Å². The molecule has 0 aliphatic rings. The summed E-state index contributed by atoms with van der Waals surface area (Å²) in [4.78, 5) is 39.5. The van der Waals surface area contributed by atoms with Crippen molar-refractivity contribution in [1.82, 2.24) is 4.57 Å². The van der Waals surface area contributed by atoms with Crippen molar-refractivity contribution in [2.75, 3.05) is 18.1 Å². The molecule has 0 saturated heterocycles. The van der Waals surface area contributed by atoms with Gasteiger partial charge >= 0.3 is 12.1 Å². The van der Waals surface area contributed by atoms with E-state index in [1.807, 2.05) is 29.8 Å². The largest absolute Gasteiger partial charge is 0.465 e. The predicted octanol–water partition coefficient (Wildman–Crippen LogP) is 4.85. The molecule has 39 heavy (non-hydrogen) atoms. The van der Waals surface area contributed by atoms with Crippen molar-refractivity contribution in [2.24, 2.45) is 12.8 Å². The molecular weight excluding hydrogens is 496 g/mol. The number of Topliss-reactive ketones (excluding diaryl/α,β-unsaturated/α-hetero) is 1. The quantitative estimate of drug-likeness (QED) is 0.132. The van der Waals surface area contributed by atoms with Crippen molar-refractivity contribution in [2.45, 2.75) is 19.8 Å². The van der Waals surface area contributed by atoms with E-state index < -0.39 is 12.1 Å². The van der Waals surface area contributed by atoms with E-state index in [0.29, 0.717) is 29.7 Å². The lowest BCUT2D eigenvalue weighted by atomic mass is 10.0. The molecule has 0 radical (unpaired) electrons. The number of fused-ring (bicyclic) bond motifs is 1. The van der Waals surface area contributed by atoms with Gasteiger partial charge in [0, 0.05) is 47.9 Å². The van der Waals surface area contributed by atoms with Gasteiger partial charge < -0.3 is 19.8 Å². The van der Waals surface area contributed by atoms with E-state index in [0.717, 1.165) is 16.5 Å². The Hall–Kier alpha value is -4.92. The second kappa shape index (κ2) is 12.1. The van der Waals surface area contributed by atoms with E-state index in [9.17, 15) is 14.4 Å². The highest BCUT2D eigenvalue weighted by molar-refractivity contribution is 6.08. The average molecular weight is 527 g/mol. The summed E-state index contributed by atoms with van der Waals surface area (Å²) in [5.41, 5.74) is 8.94. The lowest BCUT2D eigenvalue weighted by Gasteiger charge is -2.21. The molecule has 0 atom stereocenters. The molecule has 0 fully saturated rings. The van der Waals surface area contributed by atoms with Crippen LogP contribution in [-0.2, 0) is 23.0 Å². The minimum Gasteiger partial charge on any atom is -0.465 e. The number of hydrogen-bond donors (Lipinski definition) is 2. The Bertz CT molecular complexity index is 1510. The van der Waals surface area contributed by atoms with Crippen LogP contribution in [0.15, 0.2) is 79.0 Å². The fourth-order valence-electron chi connectivity index (χ4n) is 4.25. The summed E-state index contributed by atoms with van der Waals surface area (Å²) in [5.74, 6) is -0.270. The molecule has 9 nitrogen and oxygen atoms in total. The van der Waals surface area contributed by atoms with Crippen LogP contribution in [-0.4, -0.2) is 41.4 Å². The number of nitrogens with two attached hydrogens (primary N) is 1. The fraction of sp³-hybridized carbons (Fsp3) is 0.200. The second-order valence-corrected chi connectivity index (χ2v) is 8.96. The van der Waals surface area contributed by atoms with Crippen molar-refractivity contribution >= 4 is 40.3 Å². The predicted molar refractivity (Wildman–Crippen MR) is 149 cm³/mol. The summed E-state index contributed by atoms with van der Waals surface area (Å²) in [6.45, 7) is 1.61. The van der Waals surface area contributed by atoms with Gasteiger partial charge in [-0.1, -0.05) is 42.5 Å². The Morgan fingerprint density at radius 3 is 2.38 bits per heavy atom. The first-order chi connectivity index (χ1) is 18.8. The third-order valence-corrected chi connectivity index (χ3v) is 6.25. The number of aromatic nitrogens is 1. The molecule has 9 heteroatoms. The number of nitrogens with zero attached hydrogens (tertiary/aromatic N) is 2. The molecule has 0 aliphatic heterocycles. The van der Waals surface area contributed by atoms with Gasteiger partial charge in [0.1, 0.15) is 18.1 Å². The van der Waals surface area contributed by atoms with Gasteiger partial charge in [-0.15, -0.1) is 0 Å². The molecule has 0 spiro atoms. The van der Waals surface area contributed by atoms with Gasteiger partial charge in [0.25, 0.3) is 0 Å². The highest BCUT2D eigenvalue weighted by Gasteiger charge is 2.23. The van der Waals surface area contributed by atoms with Crippen LogP contribution in [0.5, 0.6) is 5.75 Å². The third-order valence-electron chi connectivity index (χ3n) is 6.25. The van der Waals surface area contributed by atoms with E-state index >= 15 is 0 Å². The SMILES string of the molecule is CCOC(=O)CN(C(=O)Oc1ccc2c(C(=O)CCc3ccc(C(=N)N)cc3)cn(C)c2c1)c1ccccc1. The van der Waals surface area contributed by atoms with E-state index in [1.165, 1.54) is 4.90 Å². The van der Waals surface area contributed by atoms with Crippen molar-refractivity contribution in [1.29, 1.82) is 5.41 Å². The number of aryl methyl sites for hydroxylation is 2. The first-order valence-electron chi connectivity index (χ1n) is 12.5. The van der Waals surface area contributed by atoms with Gasteiger partial charge in [-0.3, -0.25) is 19.9 Å². The van der Waals surface area contributed by atoms with Crippen LogP contribution in [0.1, 0.15) is 34.8 Å². The number of carbonyl (C=O) groups is 3. The number of rotatable bonds is 10. The third kappa shape index (κ3) is 6.51. The number of ketones is 1. The average Bonchev–Trinajstić information content (AvgIpc) is 3.27. The van der Waals surface area contributed by atoms with Crippen molar-refractivity contribution in [3.63, 3.8) is 0 Å². The van der Waals surface area contributed by atoms with Crippen molar-refractivity contribution in [3.05, 3.63) is 95.7 Å². The number of nitrogen functional groups attached to an aromatic ring is 1. The number of benzene rings is 3.